The number of hydrogen-bond donors (Lipinski definition) is 3. The molecule has 0 unspecified atom stereocenters. The van der Waals surface area contributed by atoms with Crippen LogP contribution in [0, 0.1) is 10.2 Å². The average molecular weight is 707 g/mol. The molecule has 16 heteroatoms. The second kappa shape index (κ2) is 15.3. The number of hydrogen-bond acceptors (Lipinski definition) is 9. The van der Waals surface area contributed by atoms with Crippen molar-refractivity contribution < 1.29 is 55.1 Å². The Labute approximate surface area is 276 Å². The lowest BCUT2D eigenvalue weighted by Gasteiger charge is -2.17. The van der Waals surface area contributed by atoms with Crippen LogP contribution >= 0.6 is 0 Å². The van der Waals surface area contributed by atoms with Gasteiger partial charge in [0, 0.05) is 29.7 Å². The fourth-order valence-corrected chi connectivity index (χ4v) is 6.22. The molecule has 1 amide bonds. The van der Waals surface area contributed by atoms with Crippen molar-refractivity contribution >= 4 is 37.3 Å². The van der Waals surface area contributed by atoms with Gasteiger partial charge in [-0.05, 0) is 53.6 Å². The number of pyridine rings is 1. The molecule has 0 aliphatic rings. The Hall–Kier alpha value is -3.93. The monoisotopic (exact) mass is 706 g/mol. The molecule has 0 aliphatic heterocycles. The first-order chi connectivity index (χ1) is 21.7. The Balaban J connectivity index is 0.00000111. The van der Waals surface area contributed by atoms with Gasteiger partial charge in [-0.1, -0.05) is 64.1 Å². The highest BCUT2D eigenvalue weighted by Crippen LogP contribution is 2.26. The lowest BCUT2D eigenvalue weighted by atomic mass is 9.97. The van der Waals surface area contributed by atoms with Crippen molar-refractivity contribution in [3.8, 4) is 11.1 Å². The van der Waals surface area contributed by atoms with Crippen LogP contribution in [0.4, 0.5) is 11.4 Å². The molecule has 0 radical (unpaired) electrons. The van der Waals surface area contributed by atoms with E-state index in [2.05, 4.69) is 66.6 Å². The number of rotatable bonds is 10. The number of nitrogens with two attached hydrogens (primary N) is 1. The fraction of sp³-hybridized carbons (Fsp3) is 0.226. The Kier molecular flexibility index (Phi) is 12.2. The standard InChI is InChI=1S/C31H34N4O5S2.ClHO4/c1-21(2)29-17-24(23-9-6-5-7-10-23)18-30(22(3)4)35(29)20-31(36)33-25-13-15-27(16-14-25)42(39,40)34-26-11-8-12-28(19-26)41(32,37)38;2-1(3,4)5/h5-19,21-22,34H,20H2,1-4H3,(H2-,32,33,36,37,38);(H,2,3,4,5). The van der Waals surface area contributed by atoms with E-state index in [0.717, 1.165) is 28.6 Å². The van der Waals surface area contributed by atoms with Gasteiger partial charge in [-0.3, -0.25) is 9.52 Å². The van der Waals surface area contributed by atoms with E-state index in [9.17, 15) is 21.6 Å². The number of nitrogens with zero attached hydrogens (tertiary/aromatic N) is 1. The van der Waals surface area contributed by atoms with Crippen molar-refractivity contribution in [2.45, 2.75) is 55.9 Å². The third-order valence-corrected chi connectivity index (χ3v) is 8.99. The minimum atomic E-state index is -4.94. The summed E-state index contributed by atoms with van der Waals surface area (Å²) in [5, 5.41) is 8.01. The van der Waals surface area contributed by atoms with E-state index in [1.54, 1.807) is 0 Å². The lowest BCUT2D eigenvalue weighted by Crippen LogP contribution is -2.68. The molecule has 0 bridgehead atoms. The van der Waals surface area contributed by atoms with Gasteiger partial charge in [0.05, 0.1) is 15.5 Å². The van der Waals surface area contributed by atoms with Crippen molar-refractivity contribution in [1.82, 2.24) is 0 Å². The average Bonchev–Trinajstić information content (AvgIpc) is 2.96. The number of primary sulfonamides is 1. The number of amides is 1. The van der Waals surface area contributed by atoms with Crippen LogP contribution in [-0.2, 0) is 31.4 Å². The van der Waals surface area contributed by atoms with Gasteiger partial charge in [0.15, 0.2) is 11.4 Å². The summed E-state index contributed by atoms with van der Waals surface area (Å²) in [4.78, 5) is 12.9. The molecule has 0 spiro atoms. The minimum absolute atomic E-state index is 0.0520. The number of halogens is 1. The molecule has 0 saturated carbocycles. The molecule has 0 saturated heterocycles. The van der Waals surface area contributed by atoms with Gasteiger partial charge >= 0.3 is 0 Å². The highest BCUT2D eigenvalue weighted by molar-refractivity contribution is 7.92. The van der Waals surface area contributed by atoms with Crippen molar-refractivity contribution in [3.05, 3.63) is 102 Å². The van der Waals surface area contributed by atoms with Gasteiger partial charge in [0.1, 0.15) is 0 Å². The topological polar surface area (TPSA) is 232 Å². The second-order valence-electron chi connectivity index (χ2n) is 11.0. The van der Waals surface area contributed by atoms with Crippen LogP contribution < -0.4 is 38.4 Å². The van der Waals surface area contributed by atoms with E-state index >= 15 is 0 Å². The SMILES string of the molecule is CC(C)c1cc(-c2ccccc2)cc(C(C)C)[n+]1CC(=O)Nc1ccc(S(=O)(=O)Nc2cccc(S(N)(=O)=O)c2)cc1.[O-][Cl+3]([O-])([O-])[O-]. The number of aromatic nitrogens is 1. The van der Waals surface area contributed by atoms with E-state index in [4.69, 9.17) is 23.8 Å². The second-order valence-corrected chi connectivity index (χ2v) is 15.0. The summed E-state index contributed by atoms with van der Waals surface area (Å²) in [7, 11) is -13.0. The van der Waals surface area contributed by atoms with Gasteiger partial charge in [0.25, 0.3) is 15.9 Å². The zero-order valence-electron chi connectivity index (χ0n) is 25.9. The maximum Gasteiger partial charge on any atom is 0.290 e. The summed E-state index contributed by atoms with van der Waals surface area (Å²) in [6.45, 7) is 8.49. The van der Waals surface area contributed by atoms with E-state index < -0.39 is 30.3 Å². The summed E-state index contributed by atoms with van der Waals surface area (Å²) in [5.41, 5.74) is 4.77. The van der Waals surface area contributed by atoms with Crippen LogP contribution in [0.5, 0.6) is 0 Å². The molecule has 1 aromatic heterocycles. The van der Waals surface area contributed by atoms with Crippen molar-refractivity contribution in [3.63, 3.8) is 0 Å². The molecule has 4 N–H and O–H groups in total. The summed E-state index contributed by atoms with van der Waals surface area (Å²) in [6, 6.07) is 25.4. The maximum atomic E-state index is 13.2. The van der Waals surface area contributed by atoms with Crippen LogP contribution in [0.15, 0.2) is 101 Å². The number of anilines is 2. The molecule has 0 atom stereocenters. The first kappa shape index (κ1) is 37.5. The first-order valence-corrected chi connectivity index (χ1v) is 18.3. The fourth-order valence-electron chi connectivity index (χ4n) is 4.61. The molecule has 47 heavy (non-hydrogen) atoms. The maximum absolute atomic E-state index is 13.2. The van der Waals surface area contributed by atoms with E-state index in [-0.39, 0.29) is 39.8 Å². The normalized spacial score (nSPS) is 12.0. The highest BCUT2D eigenvalue weighted by Gasteiger charge is 2.26. The lowest BCUT2D eigenvalue weighted by molar-refractivity contribution is -2.00. The Bertz CT molecular complexity index is 1880. The molecule has 0 fully saturated rings. The molecule has 3 aromatic carbocycles. The van der Waals surface area contributed by atoms with Crippen LogP contribution in [0.25, 0.3) is 11.1 Å². The van der Waals surface area contributed by atoms with Crippen molar-refractivity contribution in [1.29, 1.82) is 0 Å². The quantitative estimate of drug-likeness (QED) is 0.191. The number of sulfonamides is 2. The van der Waals surface area contributed by atoms with Crippen molar-refractivity contribution in [2.75, 3.05) is 10.0 Å². The smallest absolute Gasteiger partial charge is 0.290 e. The summed E-state index contributed by atoms with van der Waals surface area (Å²) < 4.78 is 87.4. The molecule has 4 rings (SSSR count). The summed E-state index contributed by atoms with van der Waals surface area (Å²) in [6.07, 6.45) is 0. The minimum Gasteiger partial charge on any atom is -0.321 e. The van der Waals surface area contributed by atoms with Crippen LogP contribution in [0.2, 0.25) is 0 Å². The highest BCUT2D eigenvalue weighted by atomic mass is 35.7. The zero-order valence-corrected chi connectivity index (χ0v) is 28.3. The van der Waals surface area contributed by atoms with Gasteiger partial charge in [-0.2, -0.15) is 4.57 Å². The molecule has 0 aliphatic carbocycles. The summed E-state index contributed by atoms with van der Waals surface area (Å²) >= 11 is 0. The zero-order chi connectivity index (χ0) is 35.2. The Morgan fingerprint density at radius 3 is 1.74 bits per heavy atom. The van der Waals surface area contributed by atoms with Crippen molar-refractivity contribution in [2.24, 2.45) is 5.14 Å². The molecule has 13 nitrogen and oxygen atoms in total. The van der Waals surface area contributed by atoms with E-state index in [1.165, 1.54) is 42.5 Å². The third-order valence-electron chi connectivity index (χ3n) is 6.69. The van der Waals surface area contributed by atoms with Crippen LogP contribution in [0.3, 0.4) is 0 Å². The van der Waals surface area contributed by atoms with Crippen LogP contribution in [-0.4, -0.2) is 22.7 Å². The predicted molar refractivity (Wildman–Crippen MR) is 164 cm³/mol. The number of nitrogens with one attached hydrogen (secondary N) is 2. The largest absolute Gasteiger partial charge is 0.321 e. The number of carbonyl (C=O) groups is 1. The van der Waals surface area contributed by atoms with E-state index in [0.29, 0.717) is 5.69 Å². The third kappa shape index (κ3) is 11.4. The molecular weight excluding hydrogens is 672 g/mol. The van der Waals surface area contributed by atoms with Gasteiger partial charge in [0.2, 0.25) is 16.6 Å². The molecular formula is C31H35ClN4O9S2. The van der Waals surface area contributed by atoms with E-state index in [1.807, 2.05) is 18.2 Å². The van der Waals surface area contributed by atoms with Gasteiger partial charge in [-0.15, -0.1) is 10.2 Å². The van der Waals surface area contributed by atoms with Crippen LogP contribution in [0.1, 0.15) is 50.9 Å². The Morgan fingerprint density at radius 1 is 0.723 bits per heavy atom. The molecule has 252 valence electrons. The summed E-state index contributed by atoms with van der Waals surface area (Å²) in [5.74, 6) is 0.0908. The van der Waals surface area contributed by atoms with Gasteiger partial charge in [-0.25, -0.2) is 40.6 Å². The Morgan fingerprint density at radius 2 is 1.26 bits per heavy atom. The first-order valence-electron chi connectivity index (χ1n) is 14.0. The molecule has 1 heterocycles. The number of carbonyl (C=O) groups excluding carboxylic acids is 1. The predicted octanol–water partition coefficient (Wildman–Crippen LogP) is 0.219. The number of benzene rings is 3. The van der Waals surface area contributed by atoms with Gasteiger partial charge < -0.3 is 5.32 Å². The molecule has 4 aromatic rings.